The first-order chi connectivity index (χ1) is 15.4. The summed E-state index contributed by atoms with van der Waals surface area (Å²) in [6.45, 7) is 5.76. The van der Waals surface area contributed by atoms with Gasteiger partial charge in [-0.25, -0.2) is 9.97 Å². The summed E-state index contributed by atoms with van der Waals surface area (Å²) < 4.78 is 1.53. The smallest absolute Gasteiger partial charge is 0.283 e. The number of benzene rings is 1. The molecule has 0 aliphatic carbocycles. The van der Waals surface area contributed by atoms with Crippen LogP contribution < -0.4 is 5.56 Å². The van der Waals surface area contributed by atoms with E-state index in [9.17, 15) is 14.4 Å². The Kier molecular flexibility index (Phi) is 6.23. The quantitative estimate of drug-likeness (QED) is 0.606. The van der Waals surface area contributed by atoms with Crippen molar-refractivity contribution >= 4 is 34.6 Å². The van der Waals surface area contributed by atoms with E-state index >= 15 is 0 Å². The van der Waals surface area contributed by atoms with Crippen molar-refractivity contribution in [2.24, 2.45) is 5.92 Å². The van der Waals surface area contributed by atoms with Gasteiger partial charge in [-0.05, 0) is 30.2 Å². The summed E-state index contributed by atoms with van der Waals surface area (Å²) in [6, 6.07) is 10.4. The number of carbonyl (C=O) groups is 2. The minimum absolute atomic E-state index is 0.114. The van der Waals surface area contributed by atoms with E-state index in [1.165, 1.54) is 4.57 Å². The number of carbonyl (C=O) groups excluding carboxylic acids is 2. The van der Waals surface area contributed by atoms with Gasteiger partial charge < -0.3 is 9.80 Å². The molecule has 2 amide bonds. The van der Waals surface area contributed by atoms with Gasteiger partial charge in [0, 0.05) is 38.9 Å². The molecular formula is C23H24ClN5O3. The van der Waals surface area contributed by atoms with Crippen molar-refractivity contribution in [3.8, 4) is 0 Å². The fraction of sp³-hybridized carbons (Fsp3) is 0.348. The molecule has 8 nitrogen and oxygen atoms in total. The van der Waals surface area contributed by atoms with Gasteiger partial charge in [-0.2, -0.15) is 0 Å². The number of pyridine rings is 1. The first kappa shape index (κ1) is 22.0. The highest BCUT2D eigenvalue weighted by molar-refractivity contribution is 6.33. The summed E-state index contributed by atoms with van der Waals surface area (Å²) in [6.07, 6.45) is 1.61. The molecule has 1 fully saturated rings. The molecule has 9 heteroatoms. The van der Waals surface area contributed by atoms with Crippen molar-refractivity contribution in [2.75, 3.05) is 26.2 Å². The van der Waals surface area contributed by atoms with Crippen LogP contribution in [0.3, 0.4) is 0 Å². The van der Waals surface area contributed by atoms with Crippen molar-refractivity contribution in [3.63, 3.8) is 0 Å². The molecule has 0 bridgehead atoms. The Bertz CT molecular complexity index is 1230. The minimum atomic E-state index is -0.440. The van der Waals surface area contributed by atoms with Crippen LogP contribution in [-0.4, -0.2) is 62.3 Å². The van der Waals surface area contributed by atoms with E-state index in [2.05, 4.69) is 9.97 Å². The maximum Gasteiger partial charge on any atom is 0.283 e. The Morgan fingerprint density at radius 1 is 1.00 bits per heavy atom. The Balaban J connectivity index is 1.56. The normalized spacial score (nSPS) is 14.2. The van der Waals surface area contributed by atoms with Crippen LogP contribution in [-0.2, 0) is 6.54 Å². The van der Waals surface area contributed by atoms with Crippen molar-refractivity contribution < 1.29 is 9.59 Å². The average molecular weight is 454 g/mol. The molecule has 3 aromatic rings. The number of hydrogen-bond donors (Lipinski definition) is 0. The zero-order chi connectivity index (χ0) is 22.8. The van der Waals surface area contributed by atoms with Crippen molar-refractivity contribution in [3.05, 3.63) is 69.2 Å². The number of piperazine rings is 1. The van der Waals surface area contributed by atoms with E-state index in [1.54, 1.807) is 52.4 Å². The van der Waals surface area contributed by atoms with Gasteiger partial charge in [0.1, 0.15) is 5.52 Å². The standard InChI is InChI=1S/C23H24ClN5O3/c1-15(2)14-29-20-18(8-5-9-25-20)26-19(23(29)32)22(31)28-12-10-27(11-13-28)21(30)16-6-3-4-7-17(16)24/h3-9,15H,10-14H2,1-2H3. The number of aromatic nitrogens is 3. The van der Waals surface area contributed by atoms with Crippen LogP contribution in [0.4, 0.5) is 0 Å². The van der Waals surface area contributed by atoms with Gasteiger partial charge >= 0.3 is 0 Å². The molecule has 0 radical (unpaired) electrons. The van der Waals surface area contributed by atoms with Crippen LogP contribution in [0.1, 0.15) is 34.7 Å². The van der Waals surface area contributed by atoms with Crippen LogP contribution in [0.25, 0.3) is 11.2 Å². The largest absolute Gasteiger partial charge is 0.335 e. The van der Waals surface area contributed by atoms with Crippen molar-refractivity contribution in [1.82, 2.24) is 24.3 Å². The predicted molar refractivity (Wildman–Crippen MR) is 122 cm³/mol. The van der Waals surface area contributed by atoms with Crippen LogP contribution in [0.15, 0.2) is 47.4 Å². The molecule has 3 heterocycles. The second-order valence-electron chi connectivity index (χ2n) is 8.18. The van der Waals surface area contributed by atoms with Crippen LogP contribution in [0, 0.1) is 5.92 Å². The van der Waals surface area contributed by atoms with Gasteiger partial charge in [0.05, 0.1) is 10.6 Å². The molecular weight excluding hydrogens is 430 g/mol. The molecule has 4 rings (SSSR count). The van der Waals surface area contributed by atoms with Crippen molar-refractivity contribution in [1.29, 1.82) is 0 Å². The first-order valence-electron chi connectivity index (χ1n) is 10.6. The Hall–Kier alpha value is -3.26. The molecule has 166 valence electrons. The third-order valence-corrected chi connectivity index (χ3v) is 5.74. The second kappa shape index (κ2) is 9.08. The Morgan fingerprint density at radius 3 is 2.31 bits per heavy atom. The number of rotatable bonds is 4. The lowest BCUT2D eigenvalue weighted by molar-refractivity contribution is 0.0531. The van der Waals surface area contributed by atoms with E-state index < -0.39 is 11.5 Å². The fourth-order valence-corrected chi connectivity index (χ4v) is 4.03. The molecule has 0 spiro atoms. The Labute approximate surface area is 190 Å². The maximum absolute atomic E-state index is 13.2. The summed E-state index contributed by atoms with van der Waals surface area (Å²) in [4.78, 5) is 51.0. The van der Waals surface area contributed by atoms with Crippen LogP contribution in [0.2, 0.25) is 5.02 Å². The summed E-state index contributed by atoms with van der Waals surface area (Å²) in [5.74, 6) is -0.400. The number of halogens is 1. The SMILES string of the molecule is CC(C)Cn1c(=O)c(C(=O)N2CCN(C(=O)c3ccccc3Cl)CC2)nc2cccnc21. The summed E-state index contributed by atoms with van der Waals surface area (Å²) in [5, 5.41) is 0.399. The van der Waals surface area contributed by atoms with E-state index in [4.69, 9.17) is 11.6 Å². The molecule has 32 heavy (non-hydrogen) atoms. The molecule has 0 N–H and O–H groups in total. The Morgan fingerprint density at radius 2 is 1.66 bits per heavy atom. The van der Waals surface area contributed by atoms with Gasteiger partial charge in [0.2, 0.25) is 0 Å². The molecule has 1 saturated heterocycles. The third kappa shape index (κ3) is 4.23. The monoisotopic (exact) mass is 453 g/mol. The fourth-order valence-electron chi connectivity index (χ4n) is 3.82. The number of nitrogens with zero attached hydrogens (tertiary/aromatic N) is 5. The highest BCUT2D eigenvalue weighted by atomic mass is 35.5. The van der Waals surface area contributed by atoms with Crippen LogP contribution in [0.5, 0.6) is 0 Å². The lowest BCUT2D eigenvalue weighted by atomic mass is 10.1. The number of hydrogen-bond acceptors (Lipinski definition) is 5. The highest BCUT2D eigenvalue weighted by Gasteiger charge is 2.29. The minimum Gasteiger partial charge on any atom is -0.335 e. The molecule has 1 aliphatic rings. The molecule has 0 atom stereocenters. The van der Waals surface area contributed by atoms with Gasteiger partial charge in [-0.3, -0.25) is 19.0 Å². The molecule has 0 unspecified atom stereocenters. The predicted octanol–water partition coefficient (Wildman–Crippen LogP) is 2.70. The lowest BCUT2D eigenvalue weighted by Gasteiger charge is -2.34. The molecule has 0 saturated carbocycles. The number of fused-ring (bicyclic) bond motifs is 1. The van der Waals surface area contributed by atoms with E-state index in [1.807, 2.05) is 13.8 Å². The zero-order valence-electron chi connectivity index (χ0n) is 18.0. The highest BCUT2D eigenvalue weighted by Crippen LogP contribution is 2.18. The van der Waals surface area contributed by atoms with E-state index in [-0.39, 0.29) is 17.5 Å². The molecule has 1 aliphatic heterocycles. The second-order valence-corrected chi connectivity index (χ2v) is 8.59. The van der Waals surface area contributed by atoms with Gasteiger partial charge in [0.15, 0.2) is 11.3 Å². The van der Waals surface area contributed by atoms with E-state index in [0.717, 1.165) is 0 Å². The number of amides is 2. The average Bonchev–Trinajstić information content (AvgIpc) is 2.80. The summed E-state index contributed by atoms with van der Waals surface area (Å²) in [7, 11) is 0. The van der Waals surface area contributed by atoms with Crippen LogP contribution >= 0.6 is 11.6 Å². The molecule has 1 aromatic carbocycles. The van der Waals surface area contributed by atoms with Gasteiger partial charge in [0.25, 0.3) is 17.4 Å². The topological polar surface area (TPSA) is 88.4 Å². The molecule has 2 aromatic heterocycles. The lowest BCUT2D eigenvalue weighted by Crippen LogP contribution is -2.51. The van der Waals surface area contributed by atoms with E-state index in [0.29, 0.717) is 54.5 Å². The van der Waals surface area contributed by atoms with Gasteiger partial charge in [-0.1, -0.05) is 37.6 Å². The third-order valence-electron chi connectivity index (χ3n) is 5.41. The maximum atomic E-state index is 13.2. The summed E-state index contributed by atoms with van der Waals surface area (Å²) >= 11 is 6.15. The zero-order valence-corrected chi connectivity index (χ0v) is 18.7. The van der Waals surface area contributed by atoms with Crippen molar-refractivity contribution in [2.45, 2.75) is 20.4 Å². The first-order valence-corrected chi connectivity index (χ1v) is 10.9. The summed E-state index contributed by atoms with van der Waals surface area (Å²) in [5.41, 5.74) is 0.859. The van der Waals surface area contributed by atoms with Gasteiger partial charge in [-0.15, -0.1) is 0 Å².